The second-order valence-electron chi connectivity index (χ2n) is 5.24. The number of rotatable bonds is 2. The number of carbonyl (C=O) groups excluding carboxylic acids is 3. The van der Waals surface area contributed by atoms with Gasteiger partial charge in [0.15, 0.2) is 10.8 Å². The smallest absolute Gasteiger partial charge is 0.321 e. The van der Waals surface area contributed by atoms with E-state index in [1.54, 1.807) is 0 Å². The molecule has 1 spiro atoms. The van der Waals surface area contributed by atoms with E-state index in [0.717, 1.165) is 0 Å². The SMILES string of the molecule is NC(=O)[C@]12C(=O)NC(=O)[C@@]1(C(=O)O)C21CCCC1. The van der Waals surface area contributed by atoms with Gasteiger partial charge in [-0.05, 0) is 12.8 Å². The van der Waals surface area contributed by atoms with Gasteiger partial charge < -0.3 is 10.8 Å². The molecule has 7 heteroatoms. The molecule has 96 valence electrons. The quantitative estimate of drug-likeness (QED) is 0.418. The van der Waals surface area contributed by atoms with E-state index in [1.165, 1.54) is 0 Å². The zero-order chi connectivity index (χ0) is 13.3. The molecule has 1 aliphatic heterocycles. The van der Waals surface area contributed by atoms with E-state index in [1.807, 2.05) is 5.32 Å². The van der Waals surface area contributed by atoms with Crippen molar-refractivity contribution < 1.29 is 24.3 Å². The molecule has 2 aliphatic carbocycles. The highest BCUT2D eigenvalue weighted by atomic mass is 16.4. The van der Waals surface area contributed by atoms with Crippen LogP contribution in [0.2, 0.25) is 0 Å². The molecule has 18 heavy (non-hydrogen) atoms. The van der Waals surface area contributed by atoms with Crippen molar-refractivity contribution in [1.82, 2.24) is 5.32 Å². The van der Waals surface area contributed by atoms with Gasteiger partial charge in [-0.3, -0.25) is 24.5 Å². The van der Waals surface area contributed by atoms with E-state index in [4.69, 9.17) is 5.73 Å². The van der Waals surface area contributed by atoms with Gasteiger partial charge in [-0.1, -0.05) is 12.8 Å². The fourth-order valence-corrected chi connectivity index (χ4v) is 4.48. The maximum absolute atomic E-state index is 12.0. The number of nitrogens with two attached hydrogens (primary N) is 1. The summed E-state index contributed by atoms with van der Waals surface area (Å²) in [6, 6.07) is 0. The average molecular weight is 252 g/mol. The Morgan fingerprint density at radius 1 is 1.11 bits per heavy atom. The molecule has 3 aliphatic rings. The van der Waals surface area contributed by atoms with E-state index in [2.05, 4.69) is 0 Å². The minimum absolute atomic E-state index is 0.376. The number of primary amides is 1. The van der Waals surface area contributed by atoms with Gasteiger partial charge in [0, 0.05) is 5.41 Å². The molecule has 4 N–H and O–H groups in total. The van der Waals surface area contributed by atoms with Crippen molar-refractivity contribution in [3.8, 4) is 0 Å². The molecule has 2 saturated carbocycles. The Kier molecular flexibility index (Phi) is 1.70. The third-order valence-electron chi connectivity index (χ3n) is 4.99. The lowest BCUT2D eigenvalue weighted by molar-refractivity contribution is -0.151. The summed E-state index contributed by atoms with van der Waals surface area (Å²) in [4.78, 5) is 47.2. The highest BCUT2D eigenvalue weighted by Crippen LogP contribution is 2.85. The summed E-state index contributed by atoms with van der Waals surface area (Å²) in [6.07, 6.45) is 2.15. The van der Waals surface area contributed by atoms with Crippen molar-refractivity contribution in [2.24, 2.45) is 22.0 Å². The fourth-order valence-electron chi connectivity index (χ4n) is 4.48. The molecular formula is C11H12N2O5. The van der Waals surface area contributed by atoms with E-state index < -0.39 is 39.9 Å². The number of fused-ring (bicyclic) bond motifs is 3. The van der Waals surface area contributed by atoms with E-state index in [0.29, 0.717) is 25.7 Å². The van der Waals surface area contributed by atoms with Crippen LogP contribution in [0.1, 0.15) is 25.7 Å². The lowest BCUT2D eigenvalue weighted by atomic mass is 9.88. The van der Waals surface area contributed by atoms with Crippen LogP contribution in [0.5, 0.6) is 0 Å². The van der Waals surface area contributed by atoms with Crippen LogP contribution in [0.3, 0.4) is 0 Å². The summed E-state index contributed by atoms with van der Waals surface area (Å²) >= 11 is 0. The Morgan fingerprint density at radius 3 is 2.00 bits per heavy atom. The van der Waals surface area contributed by atoms with Gasteiger partial charge in [0.05, 0.1) is 0 Å². The summed E-state index contributed by atoms with van der Waals surface area (Å²) in [7, 11) is 0. The van der Waals surface area contributed by atoms with E-state index in [9.17, 15) is 24.3 Å². The Bertz CT molecular complexity index is 482. The Balaban J connectivity index is 2.30. The van der Waals surface area contributed by atoms with Gasteiger partial charge in [-0.2, -0.15) is 0 Å². The minimum atomic E-state index is -1.97. The number of carboxylic acid groups (broad SMARTS) is 1. The topological polar surface area (TPSA) is 127 Å². The van der Waals surface area contributed by atoms with E-state index in [-0.39, 0.29) is 0 Å². The Hall–Kier alpha value is -1.92. The third-order valence-corrected chi connectivity index (χ3v) is 4.99. The van der Waals surface area contributed by atoms with Gasteiger partial charge in [0.1, 0.15) is 0 Å². The molecule has 3 rings (SSSR count). The van der Waals surface area contributed by atoms with Crippen LogP contribution in [0.4, 0.5) is 0 Å². The number of aliphatic carboxylic acids is 1. The summed E-state index contributed by atoms with van der Waals surface area (Å²) in [5.41, 5.74) is 0.340. The molecule has 0 aromatic carbocycles. The van der Waals surface area contributed by atoms with Crippen molar-refractivity contribution in [2.45, 2.75) is 25.7 Å². The largest absolute Gasteiger partial charge is 0.480 e. The van der Waals surface area contributed by atoms with Crippen molar-refractivity contribution >= 4 is 23.7 Å². The van der Waals surface area contributed by atoms with Crippen LogP contribution in [0.15, 0.2) is 0 Å². The highest BCUT2D eigenvalue weighted by Gasteiger charge is 3.02. The molecule has 0 aromatic heterocycles. The molecule has 0 bridgehead atoms. The van der Waals surface area contributed by atoms with Crippen LogP contribution < -0.4 is 11.1 Å². The zero-order valence-electron chi connectivity index (χ0n) is 9.49. The lowest BCUT2D eigenvalue weighted by Crippen LogP contribution is -2.42. The first-order valence-electron chi connectivity index (χ1n) is 5.79. The van der Waals surface area contributed by atoms with Crippen LogP contribution >= 0.6 is 0 Å². The molecule has 1 heterocycles. The monoisotopic (exact) mass is 252 g/mol. The molecular weight excluding hydrogens is 240 g/mol. The minimum Gasteiger partial charge on any atom is -0.480 e. The number of nitrogens with one attached hydrogen (secondary N) is 1. The van der Waals surface area contributed by atoms with Crippen molar-refractivity contribution in [3.63, 3.8) is 0 Å². The number of carboxylic acids is 1. The van der Waals surface area contributed by atoms with Crippen LogP contribution in [0.25, 0.3) is 0 Å². The Morgan fingerprint density at radius 2 is 1.61 bits per heavy atom. The average Bonchev–Trinajstić information content (AvgIpc) is 2.52. The number of hydrogen-bond donors (Lipinski definition) is 3. The van der Waals surface area contributed by atoms with Gasteiger partial charge in [0.25, 0.3) is 0 Å². The zero-order valence-corrected chi connectivity index (χ0v) is 9.49. The predicted molar refractivity (Wildman–Crippen MR) is 55.7 cm³/mol. The molecule has 0 radical (unpaired) electrons. The summed E-state index contributed by atoms with van der Waals surface area (Å²) in [5, 5.41) is 11.4. The van der Waals surface area contributed by atoms with E-state index >= 15 is 0 Å². The molecule has 3 amide bonds. The normalized spacial score (nSPS) is 39.6. The lowest BCUT2D eigenvalue weighted by Gasteiger charge is -2.18. The third kappa shape index (κ3) is 0.667. The molecule has 2 atom stereocenters. The number of piperidine rings is 1. The molecule has 0 unspecified atom stereocenters. The van der Waals surface area contributed by atoms with Crippen LogP contribution in [-0.2, 0) is 19.2 Å². The molecule has 0 aromatic rings. The second-order valence-corrected chi connectivity index (χ2v) is 5.24. The first-order valence-corrected chi connectivity index (χ1v) is 5.79. The second kappa shape index (κ2) is 2.73. The van der Waals surface area contributed by atoms with Crippen LogP contribution in [0, 0.1) is 16.2 Å². The summed E-state index contributed by atoms with van der Waals surface area (Å²) in [6.45, 7) is 0. The van der Waals surface area contributed by atoms with Gasteiger partial charge in [0.2, 0.25) is 17.7 Å². The first-order chi connectivity index (χ1) is 8.39. The predicted octanol–water partition coefficient (Wildman–Crippen LogP) is -1.24. The summed E-state index contributed by atoms with van der Waals surface area (Å²) < 4.78 is 0. The van der Waals surface area contributed by atoms with Gasteiger partial charge in [-0.25, -0.2) is 0 Å². The molecule has 7 nitrogen and oxygen atoms in total. The van der Waals surface area contributed by atoms with Crippen molar-refractivity contribution in [2.75, 3.05) is 0 Å². The van der Waals surface area contributed by atoms with Crippen molar-refractivity contribution in [1.29, 1.82) is 0 Å². The number of carbonyl (C=O) groups is 4. The highest BCUT2D eigenvalue weighted by molar-refractivity contribution is 6.33. The standard InChI is InChI=1S/C11H12N2O5/c12-5(14)10-6(15)13-7(16)11(10,8(17)18)9(10)3-1-2-4-9/h1-4H2,(H2,12,14)(H,17,18)(H,13,15,16)/t10-,11-/m1/s1. The van der Waals surface area contributed by atoms with Crippen LogP contribution in [-0.4, -0.2) is 28.8 Å². The van der Waals surface area contributed by atoms with Crippen molar-refractivity contribution in [3.05, 3.63) is 0 Å². The maximum atomic E-state index is 12.0. The fraction of sp³-hybridized carbons (Fsp3) is 0.636. The van der Waals surface area contributed by atoms with Gasteiger partial charge in [-0.15, -0.1) is 0 Å². The molecule has 1 saturated heterocycles. The number of hydrogen-bond acceptors (Lipinski definition) is 4. The number of imide groups is 1. The number of amides is 3. The molecule has 3 fully saturated rings. The first kappa shape index (κ1) is 11.2. The summed E-state index contributed by atoms with van der Waals surface area (Å²) in [5.74, 6) is -4.16. The Labute approximate surface area is 102 Å². The maximum Gasteiger partial charge on any atom is 0.321 e. The van der Waals surface area contributed by atoms with Gasteiger partial charge >= 0.3 is 5.97 Å².